The molecule has 0 aliphatic rings. The maximum absolute atomic E-state index is 12.0. The second-order valence-electron chi connectivity index (χ2n) is 5.98. The van der Waals surface area contributed by atoms with E-state index in [0.29, 0.717) is 18.7 Å². The maximum Gasteiger partial charge on any atom is 0.303 e. The maximum atomic E-state index is 12.0. The molecule has 0 aliphatic carbocycles. The van der Waals surface area contributed by atoms with Crippen LogP contribution in [0.5, 0.6) is 0 Å². The number of aliphatic carboxylic acids is 1. The molecule has 0 spiro atoms. The number of carboxylic acids is 1. The number of carboxylic acid groups (broad SMARTS) is 1. The minimum Gasteiger partial charge on any atom is -0.481 e. The van der Waals surface area contributed by atoms with Gasteiger partial charge in [-0.3, -0.25) is 14.3 Å². The van der Waals surface area contributed by atoms with Crippen molar-refractivity contribution in [3.63, 3.8) is 0 Å². The fourth-order valence-corrected chi connectivity index (χ4v) is 2.50. The van der Waals surface area contributed by atoms with Gasteiger partial charge in [0.25, 0.3) is 0 Å². The highest BCUT2D eigenvalue weighted by Gasteiger charge is 2.14. The van der Waals surface area contributed by atoms with Crippen LogP contribution in [0.15, 0.2) is 24.3 Å². The Morgan fingerprint density at radius 3 is 2.42 bits per heavy atom. The molecule has 6 heteroatoms. The van der Waals surface area contributed by atoms with Crippen LogP contribution in [0.25, 0.3) is 0 Å². The zero-order chi connectivity index (χ0) is 17.7. The predicted octanol–water partition coefficient (Wildman–Crippen LogP) is 3.05. The number of amides is 1. The van der Waals surface area contributed by atoms with E-state index >= 15 is 0 Å². The predicted molar refractivity (Wildman–Crippen MR) is 92.1 cm³/mol. The van der Waals surface area contributed by atoms with Crippen LogP contribution in [0.3, 0.4) is 0 Å². The molecule has 24 heavy (non-hydrogen) atoms. The fraction of sp³-hybridized carbons (Fsp3) is 0.389. The first-order valence-corrected chi connectivity index (χ1v) is 7.98. The Labute approximate surface area is 141 Å². The third-order valence-corrected chi connectivity index (χ3v) is 3.89. The van der Waals surface area contributed by atoms with E-state index in [2.05, 4.69) is 34.7 Å². The standard InChI is InChI=1S/C18H23N3O3/c1-12-7-9-15(10-8-12)11-21-14(3)18(13(2)20-21)19-16(22)5-4-6-17(23)24/h7-10H,4-6,11H2,1-3H3,(H,19,22)(H,23,24). The molecule has 1 amide bonds. The summed E-state index contributed by atoms with van der Waals surface area (Å²) in [6.07, 6.45) is 0.517. The van der Waals surface area contributed by atoms with Gasteiger partial charge in [0.1, 0.15) is 0 Å². The van der Waals surface area contributed by atoms with E-state index in [0.717, 1.165) is 17.0 Å². The SMILES string of the molecule is Cc1ccc(Cn2nc(C)c(NC(=O)CCCC(=O)O)c2C)cc1. The highest BCUT2D eigenvalue weighted by molar-refractivity contribution is 5.92. The molecule has 0 bridgehead atoms. The number of anilines is 1. The van der Waals surface area contributed by atoms with Gasteiger partial charge in [-0.2, -0.15) is 5.10 Å². The minimum atomic E-state index is -0.888. The van der Waals surface area contributed by atoms with Gasteiger partial charge in [-0.05, 0) is 32.8 Å². The molecule has 0 saturated heterocycles. The summed E-state index contributed by atoms with van der Waals surface area (Å²) < 4.78 is 1.87. The van der Waals surface area contributed by atoms with Gasteiger partial charge in [0.05, 0.1) is 23.6 Å². The molecule has 1 aromatic carbocycles. The van der Waals surface area contributed by atoms with Crippen molar-refractivity contribution in [2.24, 2.45) is 0 Å². The van der Waals surface area contributed by atoms with E-state index in [4.69, 9.17) is 5.11 Å². The van der Waals surface area contributed by atoms with Crippen molar-refractivity contribution in [3.05, 3.63) is 46.8 Å². The van der Waals surface area contributed by atoms with Gasteiger partial charge < -0.3 is 10.4 Å². The van der Waals surface area contributed by atoms with Crippen molar-refractivity contribution in [2.45, 2.75) is 46.6 Å². The van der Waals surface area contributed by atoms with Gasteiger partial charge >= 0.3 is 5.97 Å². The Morgan fingerprint density at radius 1 is 1.12 bits per heavy atom. The van der Waals surface area contributed by atoms with Crippen molar-refractivity contribution < 1.29 is 14.7 Å². The summed E-state index contributed by atoms with van der Waals surface area (Å²) in [5, 5.41) is 16.0. The monoisotopic (exact) mass is 329 g/mol. The molecule has 0 fully saturated rings. The van der Waals surface area contributed by atoms with Crippen LogP contribution in [0, 0.1) is 20.8 Å². The molecule has 1 heterocycles. The fourth-order valence-electron chi connectivity index (χ4n) is 2.50. The van der Waals surface area contributed by atoms with Crippen molar-refractivity contribution >= 4 is 17.6 Å². The van der Waals surface area contributed by atoms with Gasteiger partial charge in [0.15, 0.2) is 0 Å². The summed E-state index contributed by atoms with van der Waals surface area (Å²) in [6, 6.07) is 8.25. The molecule has 1 aromatic heterocycles. The highest BCUT2D eigenvalue weighted by atomic mass is 16.4. The van der Waals surface area contributed by atoms with Gasteiger partial charge in [-0.25, -0.2) is 0 Å². The first kappa shape index (κ1) is 17.7. The lowest BCUT2D eigenvalue weighted by Crippen LogP contribution is -2.13. The van der Waals surface area contributed by atoms with E-state index in [1.165, 1.54) is 5.56 Å². The van der Waals surface area contributed by atoms with Crippen LogP contribution in [-0.4, -0.2) is 26.8 Å². The molecule has 2 rings (SSSR count). The van der Waals surface area contributed by atoms with Gasteiger partial charge in [-0.1, -0.05) is 29.8 Å². The van der Waals surface area contributed by atoms with Crippen molar-refractivity contribution in [3.8, 4) is 0 Å². The third-order valence-electron chi connectivity index (χ3n) is 3.89. The third kappa shape index (κ3) is 4.68. The molecule has 0 unspecified atom stereocenters. The summed E-state index contributed by atoms with van der Waals surface area (Å²) in [7, 11) is 0. The van der Waals surface area contributed by atoms with Crippen molar-refractivity contribution in [2.75, 3.05) is 5.32 Å². The zero-order valence-corrected chi connectivity index (χ0v) is 14.3. The zero-order valence-electron chi connectivity index (χ0n) is 14.3. The molecular formula is C18H23N3O3. The van der Waals surface area contributed by atoms with Crippen molar-refractivity contribution in [1.29, 1.82) is 0 Å². The topological polar surface area (TPSA) is 84.2 Å². The van der Waals surface area contributed by atoms with E-state index in [-0.39, 0.29) is 18.7 Å². The van der Waals surface area contributed by atoms with Crippen LogP contribution >= 0.6 is 0 Å². The molecule has 0 aliphatic heterocycles. The molecule has 0 radical (unpaired) electrons. The number of aromatic nitrogens is 2. The molecule has 2 aromatic rings. The number of nitrogens with zero attached hydrogens (tertiary/aromatic N) is 2. The Bertz CT molecular complexity index is 733. The quantitative estimate of drug-likeness (QED) is 0.817. The smallest absolute Gasteiger partial charge is 0.303 e. The second-order valence-corrected chi connectivity index (χ2v) is 5.98. The number of aryl methyl sites for hydroxylation is 2. The largest absolute Gasteiger partial charge is 0.481 e. The van der Waals surface area contributed by atoms with Crippen LogP contribution < -0.4 is 5.32 Å². The number of benzene rings is 1. The van der Waals surface area contributed by atoms with Crippen LogP contribution in [0.1, 0.15) is 41.8 Å². The lowest BCUT2D eigenvalue weighted by molar-refractivity contribution is -0.137. The second kappa shape index (κ2) is 7.77. The summed E-state index contributed by atoms with van der Waals surface area (Å²) in [5.74, 6) is -1.07. The first-order chi connectivity index (χ1) is 11.4. The van der Waals surface area contributed by atoms with Crippen molar-refractivity contribution in [1.82, 2.24) is 9.78 Å². The lowest BCUT2D eigenvalue weighted by atomic mass is 10.1. The minimum absolute atomic E-state index is 0.00191. The van der Waals surface area contributed by atoms with Gasteiger partial charge in [0.2, 0.25) is 5.91 Å². The van der Waals surface area contributed by atoms with Crippen LogP contribution in [-0.2, 0) is 16.1 Å². The summed E-state index contributed by atoms with van der Waals surface area (Å²) in [4.78, 5) is 22.5. The molecule has 128 valence electrons. The van der Waals surface area contributed by atoms with Crippen LogP contribution in [0.2, 0.25) is 0 Å². The van der Waals surface area contributed by atoms with Gasteiger partial charge in [0, 0.05) is 12.8 Å². The van der Waals surface area contributed by atoms with Crippen LogP contribution in [0.4, 0.5) is 5.69 Å². The van der Waals surface area contributed by atoms with E-state index in [1.54, 1.807) is 0 Å². The van der Waals surface area contributed by atoms with E-state index in [1.807, 2.05) is 25.5 Å². The Hall–Kier alpha value is -2.63. The number of hydrogen-bond donors (Lipinski definition) is 2. The average Bonchev–Trinajstić information content (AvgIpc) is 2.77. The molecule has 2 N–H and O–H groups in total. The van der Waals surface area contributed by atoms with E-state index in [9.17, 15) is 9.59 Å². The molecule has 6 nitrogen and oxygen atoms in total. The van der Waals surface area contributed by atoms with Gasteiger partial charge in [-0.15, -0.1) is 0 Å². The summed E-state index contributed by atoms with van der Waals surface area (Å²) in [5.41, 5.74) is 4.71. The lowest BCUT2D eigenvalue weighted by Gasteiger charge is -2.07. The summed E-state index contributed by atoms with van der Waals surface area (Å²) >= 11 is 0. The number of carbonyl (C=O) groups is 2. The first-order valence-electron chi connectivity index (χ1n) is 7.98. The molecular weight excluding hydrogens is 306 g/mol. The number of rotatable bonds is 7. The number of hydrogen-bond acceptors (Lipinski definition) is 3. The molecule has 0 atom stereocenters. The Balaban J connectivity index is 2.04. The number of nitrogens with one attached hydrogen (secondary N) is 1. The summed E-state index contributed by atoms with van der Waals surface area (Å²) in [6.45, 7) is 6.46. The normalized spacial score (nSPS) is 10.6. The van der Waals surface area contributed by atoms with E-state index < -0.39 is 5.97 Å². The molecule has 0 saturated carbocycles. The highest BCUT2D eigenvalue weighted by Crippen LogP contribution is 2.21. The number of carbonyl (C=O) groups excluding carboxylic acids is 1. The Morgan fingerprint density at radius 2 is 1.79 bits per heavy atom. The Kier molecular flexibility index (Phi) is 5.73. The average molecular weight is 329 g/mol.